The van der Waals surface area contributed by atoms with Crippen LogP contribution in [0.5, 0.6) is 0 Å². The van der Waals surface area contributed by atoms with Crippen molar-refractivity contribution in [3.63, 3.8) is 0 Å². The second-order valence-corrected chi connectivity index (χ2v) is 10.4. The lowest BCUT2D eigenvalue weighted by molar-refractivity contribution is -0.237. The quantitative estimate of drug-likeness (QED) is 0.292. The summed E-state index contributed by atoms with van der Waals surface area (Å²) in [6, 6.07) is 0. The molecule has 3 heterocycles. The van der Waals surface area contributed by atoms with Gasteiger partial charge in [0.15, 0.2) is 30.4 Å². The van der Waals surface area contributed by atoms with E-state index in [2.05, 4.69) is 0 Å². The van der Waals surface area contributed by atoms with E-state index in [0.717, 1.165) is 0 Å². The van der Waals surface area contributed by atoms with Crippen molar-refractivity contribution in [2.75, 3.05) is 19.5 Å². The van der Waals surface area contributed by atoms with Crippen LogP contribution in [-0.4, -0.2) is 104 Å². The molecule has 3 aliphatic rings. The van der Waals surface area contributed by atoms with E-state index in [1.165, 1.54) is 46.6 Å². The summed E-state index contributed by atoms with van der Waals surface area (Å²) in [5, 5.41) is 0. The fraction of sp³-hybridized carbons (Fsp3) is 0.826. The van der Waals surface area contributed by atoms with Crippen molar-refractivity contribution in [1.29, 1.82) is 0 Å². The maximum absolute atomic E-state index is 12.0. The van der Waals surface area contributed by atoms with E-state index < -0.39 is 84.1 Å². The number of carbonyl (C=O) groups is 4. The molecule has 210 valence electrons. The average molecular weight is 551 g/mol. The largest absolute Gasteiger partial charge is 0.463 e. The highest BCUT2D eigenvalue weighted by Crippen LogP contribution is 2.41. The number of fused-ring (bicyclic) bond motifs is 1. The summed E-state index contributed by atoms with van der Waals surface area (Å²) in [7, 11) is 1.51. The van der Waals surface area contributed by atoms with Crippen molar-refractivity contribution >= 4 is 35.6 Å². The van der Waals surface area contributed by atoms with Gasteiger partial charge in [-0.1, -0.05) is 0 Å². The van der Waals surface area contributed by atoms with E-state index in [0.29, 0.717) is 0 Å². The molecule has 0 amide bonds. The van der Waals surface area contributed by atoms with Crippen molar-refractivity contribution in [3.05, 3.63) is 0 Å². The Bertz CT molecular complexity index is 864. The molecule has 0 aliphatic carbocycles. The van der Waals surface area contributed by atoms with Gasteiger partial charge in [-0.2, -0.15) is 0 Å². The van der Waals surface area contributed by atoms with Crippen LogP contribution in [-0.2, 0) is 61.8 Å². The Balaban J connectivity index is 1.85. The van der Waals surface area contributed by atoms with E-state index in [1.807, 2.05) is 0 Å². The number of rotatable bonds is 9. The van der Waals surface area contributed by atoms with E-state index in [-0.39, 0.29) is 12.4 Å². The number of methoxy groups -OCH3 is 1. The minimum atomic E-state index is -1.23. The van der Waals surface area contributed by atoms with Crippen LogP contribution < -0.4 is 0 Å². The third-order valence-corrected chi connectivity index (χ3v) is 6.94. The van der Waals surface area contributed by atoms with Gasteiger partial charge in [-0.05, 0) is 13.8 Å². The van der Waals surface area contributed by atoms with Crippen molar-refractivity contribution in [2.45, 2.75) is 102 Å². The van der Waals surface area contributed by atoms with Crippen LogP contribution >= 0.6 is 11.8 Å². The number of hydrogen-bond donors (Lipinski definition) is 0. The van der Waals surface area contributed by atoms with E-state index in [1.54, 1.807) is 13.8 Å². The molecule has 3 rings (SSSR count). The molecule has 0 unspecified atom stereocenters. The predicted octanol–water partition coefficient (Wildman–Crippen LogP) is 0.694. The topological polar surface area (TPSA) is 151 Å². The van der Waals surface area contributed by atoms with E-state index in [4.69, 9.17) is 42.6 Å². The Labute approximate surface area is 219 Å². The number of esters is 4. The van der Waals surface area contributed by atoms with Gasteiger partial charge >= 0.3 is 23.9 Å². The molecule has 0 aromatic carbocycles. The third-order valence-electron chi connectivity index (χ3n) is 5.71. The molecule has 3 aliphatic heterocycles. The molecule has 0 radical (unpaired) electrons. The number of thioether (sulfide) groups is 1. The monoisotopic (exact) mass is 550 g/mol. The van der Waals surface area contributed by atoms with Crippen molar-refractivity contribution in [1.82, 2.24) is 0 Å². The number of hydrogen-bond acceptors (Lipinski definition) is 14. The molecule has 0 saturated carbocycles. The zero-order valence-electron chi connectivity index (χ0n) is 21.8. The SMILES string of the molecule is CO[C@@H]1O[C@H](CS[C@@H]2O[C@H](COC(C)=O)[C@@H](OC(C)=O)[C@H](OC(C)=O)[C@H]2OC(C)=O)[C@H]2OC(C)(C)O[C@@H]12. The molecular weight excluding hydrogens is 516 g/mol. The van der Waals surface area contributed by atoms with Crippen molar-refractivity contribution in [3.8, 4) is 0 Å². The molecule has 14 heteroatoms. The zero-order valence-corrected chi connectivity index (χ0v) is 22.6. The van der Waals surface area contributed by atoms with Crippen LogP contribution in [0, 0.1) is 0 Å². The number of carbonyl (C=O) groups excluding carboxylic acids is 4. The Morgan fingerprint density at radius 3 is 1.89 bits per heavy atom. The summed E-state index contributed by atoms with van der Waals surface area (Å²) in [4.78, 5) is 47.3. The summed E-state index contributed by atoms with van der Waals surface area (Å²) in [5.74, 6) is -3.18. The first-order valence-corrected chi connectivity index (χ1v) is 12.8. The molecule has 37 heavy (non-hydrogen) atoms. The second kappa shape index (κ2) is 12.3. The molecule has 13 nitrogen and oxygen atoms in total. The van der Waals surface area contributed by atoms with Crippen molar-refractivity contribution < 1.29 is 61.8 Å². The van der Waals surface area contributed by atoms with E-state index in [9.17, 15) is 19.2 Å². The van der Waals surface area contributed by atoms with Gasteiger partial charge in [-0.15, -0.1) is 11.8 Å². The fourth-order valence-electron chi connectivity index (χ4n) is 4.48. The third kappa shape index (κ3) is 7.54. The Morgan fingerprint density at radius 1 is 0.757 bits per heavy atom. The van der Waals surface area contributed by atoms with Crippen LogP contribution in [0.3, 0.4) is 0 Å². The van der Waals surface area contributed by atoms with Crippen LogP contribution in [0.2, 0.25) is 0 Å². The van der Waals surface area contributed by atoms with Gasteiger partial charge in [-0.3, -0.25) is 19.2 Å². The molecule has 0 spiro atoms. The molecule has 3 saturated heterocycles. The summed E-state index contributed by atoms with van der Waals surface area (Å²) >= 11 is 1.21. The average Bonchev–Trinajstić information content (AvgIpc) is 3.26. The first kappa shape index (κ1) is 29.6. The molecule has 3 fully saturated rings. The summed E-state index contributed by atoms with van der Waals surface area (Å²) in [5.41, 5.74) is -0.917. The summed E-state index contributed by atoms with van der Waals surface area (Å²) in [6.07, 6.45) is -6.61. The van der Waals surface area contributed by atoms with Gasteiger partial charge in [0, 0.05) is 40.6 Å². The maximum atomic E-state index is 12.0. The van der Waals surface area contributed by atoms with Crippen LogP contribution in [0.4, 0.5) is 0 Å². The first-order chi connectivity index (χ1) is 17.3. The highest BCUT2D eigenvalue weighted by molar-refractivity contribution is 7.99. The normalized spacial score (nSPS) is 36.4. The van der Waals surface area contributed by atoms with Crippen LogP contribution in [0.15, 0.2) is 0 Å². The standard InChI is InChI=1S/C23H34O13S/c1-10(24)29-8-14-16(30-11(2)25)18(31-12(3)26)20(32-13(4)27)22(34-14)37-9-15-17-19(21(28-7)33-15)36-23(5,6)35-17/h14-22H,8-9H2,1-7H3/t14-,15-,16-,17-,18+,19-,20-,21-,22+/m1/s1. The van der Waals surface area contributed by atoms with Gasteiger partial charge in [0.1, 0.15) is 30.4 Å². The summed E-state index contributed by atoms with van der Waals surface area (Å²) < 4.78 is 50.9. The van der Waals surface area contributed by atoms with Crippen molar-refractivity contribution in [2.24, 2.45) is 0 Å². The minimum Gasteiger partial charge on any atom is -0.463 e. The lowest BCUT2D eigenvalue weighted by Crippen LogP contribution is -2.61. The van der Waals surface area contributed by atoms with Gasteiger partial charge in [0.2, 0.25) is 0 Å². The Hall–Kier alpha value is -1.97. The smallest absolute Gasteiger partial charge is 0.303 e. The molecule has 0 bridgehead atoms. The van der Waals surface area contributed by atoms with Gasteiger partial charge in [-0.25, -0.2) is 0 Å². The first-order valence-electron chi connectivity index (χ1n) is 11.8. The maximum Gasteiger partial charge on any atom is 0.303 e. The Kier molecular flexibility index (Phi) is 9.80. The highest BCUT2D eigenvalue weighted by Gasteiger charge is 2.57. The molecule has 0 N–H and O–H groups in total. The minimum absolute atomic E-state index is 0.286. The van der Waals surface area contributed by atoms with Gasteiger partial charge in [0.05, 0.1) is 6.10 Å². The predicted molar refractivity (Wildman–Crippen MR) is 124 cm³/mol. The lowest BCUT2D eigenvalue weighted by Gasteiger charge is -2.44. The molecule has 0 aromatic rings. The summed E-state index contributed by atoms with van der Waals surface area (Å²) in [6.45, 7) is 8.04. The highest BCUT2D eigenvalue weighted by atomic mass is 32.2. The molecule has 0 aromatic heterocycles. The van der Waals surface area contributed by atoms with Crippen LogP contribution in [0.1, 0.15) is 41.5 Å². The molecular formula is C23H34O13S. The van der Waals surface area contributed by atoms with Gasteiger partial charge < -0.3 is 42.6 Å². The van der Waals surface area contributed by atoms with E-state index >= 15 is 0 Å². The number of ether oxygens (including phenoxy) is 9. The zero-order chi connectivity index (χ0) is 27.5. The van der Waals surface area contributed by atoms with Crippen LogP contribution in [0.25, 0.3) is 0 Å². The molecule has 9 atom stereocenters. The fourth-order valence-corrected chi connectivity index (χ4v) is 5.75. The van der Waals surface area contributed by atoms with Gasteiger partial charge in [0.25, 0.3) is 0 Å². The second-order valence-electron chi connectivity index (χ2n) is 9.24. The lowest BCUT2D eigenvalue weighted by atomic mass is 9.99. The Morgan fingerprint density at radius 2 is 1.32 bits per heavy atom.